The summed E-state index contributed by atoms with van der Waals surface area (Å²) in [5.41, 5.74) is 5.13. The average Bonchev–Trinajstić information content (AvgIpc) is 2.60. The van der Waals surface area contributed by atoms with E-state index in [1.807, 2.05) is 13.8 Å². The largest absolute Gasteiger partial charge is 0.483 e. The molecule has 0 bridgehead atoms. The molecule has 7 nitrogen and oxygen atoms in total. The number of rotatable bonds is 5. The predicted octanol–water partition coefficient (Wildman–Crippen LogP) is 1.51. The number of carbonyl (C=O) groups excluding carboxylic acids is 1. The van der Waals surface area contributed by atoms with Gasteiger partial charge in [0.1, 0.15) is 19.0 Å². The number of hydrogen-bond acceptors (Lipinski definition) is 6. The van der Waals surface area contributed by atoms with Gasteiger partial charge in [0.2, 0.25) is 5.75 Å². The number of fused-ring (bicyclic) bond motifs is 1. The number of primary amides is 1. The molecule has 1 aromatic carbocycles. The van der Waals surface area contributed by atoms with Gasteiger partial charge in [-0.05, 0) is 19.9 Å². The third-order valence-corrected chi connectivity index (χ3v) is 3.87. The maximum atomic E-state index is 13.8. The van der Waals surface area contributed by atoms with Crippen molar-refractivity contribution in [2.45, 2.75) is 25.9 Å². The maximum absolute atomic E-state index is 13.8. The van der Waals surface area contributed by atoms with Crippen LogP contribution >= 0.6 is 0 Å². The molecule has 0 radical (unpaired) electrons. The van der Waals surface area contributed by atoms with Crippen LogP contribution in [0, 0.1) is 5.82 Å². The molecule has 0 aliphatic carbocycles. The van der Waals surface area contributed by atoms with Gasteiger partial charge in [0.25, 0.3) is 11.8 Å². The van der Waals surface area contributed by atoms with Gasteiger partial charge in [0, 0.05) is 12.1 Å². The van der Waals surface area contributed by atoms with E-state index in [-0.39, 0.29) is 29.7 Å². The normalized spacial score (nSPS) is 13.6. The van der Waals surface area contributed by atoms with E-state index in [0.717, 1.165) is 0 Å². The van der Waals surface area contributed by atoms with Crippen LogP contribution in [0.2, 0.25) is 0 Å². The molecule has 0 saturated heterocycles. The number of ether oxygens (including phenoxy) is 2. The van der Waals surface area contributed by atoms with Crippen LogP contribution in [0.3, 0.4) is 0 Å². The summed E-state index contributed by atoms with van der Waals surface area (Å²) in [6, 6.07) is 6.49. The van der Waals surface area contributed by atoms with E-state index in [1.165, 1.54) is 6.07 Å². The molecular weight excluding hydrogens is 327 g/mol. The molecule has 0 unspecified atom stereocenters. The van der Waals surface area contributed by atoms with Crippen molar-refractivity contribution in [2.75, 3.05) is 13.2 Å². The van der Waals surface area contributed by atoms with Crippen molar-refractivity contribution in [3.63, 3.8) is 0 Å². The molecule has 132 valence electrons. The van der Waals surface area contributed by atoms with Crippen LogP contribution in [0.1, 0.15) is 35.7 Å². The maximum Gasteiger partial charge on any atom is 0.271 e. The molecule has 8 heteroatoms. The van der Waals surface area contributed by atoms with Crippen molar-refractivity contribution >= 4 is 5.91 Å². The molecule has 0 spiro atoms. The Hall–Kier alpha value is -2.74. The zero-order valence-corrected chi connectivity index (χ0v) is 14.0. The fourth-order valence-corrected chi connectivity index (χ4v) is 2.42. The van der Waals surface area contributed by atoms with Crippen LogP contribution in [0.25, 0.3) is 0 Å². The third kappa shape index (κ3) is 3.53. The van der Waals surface area contributed by atoms with E-state index >= 15 is 0 Å². The second-order valence-corrected chi connectivity index (χ2v) is 6.16. The van der Waals surface area contributed by atoms with Crippen LogP contribution in [-0.2, 0) is 12.1 Å². The van der Waals surface area contributed by atoms with Crippen molar-refractivity contribution in [2.24, 2.45) is 5.73 Å². The van der Waals surface area contributed by atoms with Gasteiger partial charge >= 0.3 is 0 Å². The molecular formula is C17H19FN4O3. The molecule has 2 heterocycles. The molecule has 1 aliphatic heterocycles. The molecule has 1 aromatic heterocycles. The fraction of sp³-hybridized carbons (Fsp3) is 0.353. The van der Waals surface area contributed by atoms with Gasteiger partial charge in [-0.15, -0.1) is 0 Å². The summed E-state index contributed by atoms with van der Waals surface area (Å²) in [6.45, 7) is 4.53. The summed E-state index contributed by atoms with van der Waals surface area (Å²) >= 11 is 0. The smallest absolute Gasteiger partial charge is 0.271 e. The summed E-state index contributed by atoms with van der Waals surface area (Å²) < 4.78 is 24.7. The Morgan fingerprint density at radius 2 is 2.00 bits per heavy atom. The summed E-state index contributed by atoms with van der Waals surface area (Å²) in [7, 11) is 0. The molecule has 0 saturated carbocycles. The Labute approximate surface area is 144 Å². The van der Waals surface area contributed by atoms with Gasteiger partial charge in [-0.25, -0.2) is 9.37 Å². The molecule has 0 fully saturated rings. The van der Waals surface area contributed by atoms with Gasteiger partial charge in [-0.3, -0.25) is 4.79 Å². The number of aromatic nitrogens is 2. The molecule has 1 amide bonds. The second kappa shape index (κ2) is 6.64. The van der Waals surface area contributed by atoms with E-state index in [2.05, 4.69) is 15.3 Å². The second-order valence-electron chi connectivity index (χ2n) is 6.16. The van der Waals surface area contributed by atoms with E-state index in [9.17, 15) is 9.18 Å². The van der Waals surface area contributed by atoms with Crippen LogP contribution < -0.4 is 20.5 Å². The van der Waals surface area contributed by atoms with Crippen LogP contribution in [0.15, 0.2) is 24.3 Å². The zero-order chi connectivity index (χ0) is 18.0. The van der Waals surface area contributed by atoms with E-state index in [4.69, 9.17) is 15.2 Å². The molecule has 0 atom stereocenters. The highest BCUT2D eigenvalue weighted by Crippen LogP contribution is 2.33. The van der Waals surface area contributed by atoms with Gasteiger partial charge in [0.05, 0.1) is 5.54 Å². The zero-order valence-electron chi connectivity index (χ0n) is 14.0. The SMILES string of the molecule is CC(C)(NCc1ccccc1F)c1nc2c(c(C(N)=O)n1)OCCO2. The Morgan fingerprint density at radius 1 is 1.28 bits per heavy atom. The minimum atomic E-state index is -0.762. The minimum absolute atomic E-state index is 0.0273. The van der Waals surface area contributed by atoms with Gasteiger partial charge in [-0.2, -0.15) is 4.98 Å². The van der Waals surface area contributed by atoms with Crippen LogP contribution in [0.5, 0.6) is 11.6 Å². The number of benzene rings is 1. The number of nitrogens with two attached hydrogens (primary N) is 1. The third-order valence-electron chi connectivity index (χ3n) is 3.87. The van der Waals surface area contributed by atoms with Gasteiger partial charge in [-0.1, -0.05) is 18.2 Å². The summed E-state index contributed by atoms with van der Waals surface area (Å²) in [4.78, 5) is 20.3. The highest BCUT2D eigenvalue weighted by molar-refractivity contribution is 5.94. The Kier molecular flexibility index (Phi) is 4.54. The lowest BCUT2D eigenvalue weighted by atomic mass is 10.0. The van der Waals surface area contributed by atoms with Crippen molar-refractivity contribution in [3.05, 3.63) is 47.2 Å². The Balaban J connectivity index is 1.90. The van der Waals surface area contributed by atoms with Gasteiger partial charge in [0.15, 0.2) is 11.5 Å². The highest BCUT2D eigenvalue weighted by atomic mass is 19.1. The lowest BCUT2D eigenvalue weighted by Gasteiger charge is -2.27. The first kappa shape index (κ1) is 17.1. The average molecular weight is 346 g/mol. The summed E-state index contributed by atoms with van der Waals surface area (Å²) in [5.74, 6) is -0.373. The van der Waals surface area contributed by atoms with Crippen molar-refractivity contribution in [3.8, 4) is 11.6 Å². The number of carbonyl (C=O) groups is 1. The summed E-state index contributed by atoms with van der Waals surface area (Å²) in [5, 5.41) is 3.19. The number of hydrogen-bond donors (Lipinski definition) is 2. The van der Waals surface area contributed by atoms with E-state index < -0.39 is 11.4 Å². The minimum Gasteiger partial charge on any atom is -0.483 e. The fourth-order valence-electron chi connectivity index (χ4n) is 2.42. The number of amides is 1. The monoisotopic (exact) mass is 346 g/mol. The van der Waals surface area contributed by atoms with Crippen molar-refractivity contribution in [1.82, 2.24) is 15.3 Å². The topological polar surface area (TPSA) is 99.4 Å². The first-order valence-electron chi connectivity index (χ1n) is 7.85. The van der Waals surface area contributed by atoms with E-state index in [0.29, 0.717) is 24.6 Å². The number of halogens is 1. The first-order valence-corrected chi connectivity index (χ1v) is 7.85. The molecule has 25 heavy (non-hydrogen) atoms. The predicted molar refractivity (Wildman–Crippen MR) is 87.8 cm³/mol. The Bertz CT molecular complexity index is 810. The first-order chi connectivity index (χ1) is 11.9. The molecule has 3 N–H and O–H groups in total. The lowest BCUT2D eigenvalue weighted by Crippen LogP contribution is -2.39. The number of nitrogens with one attached hydrogen (secondary N) is 1. The molecule has 2 aromatic rings. The van der Waals surface area contributed by atoms with E-state index in [1.54, 1.807) is 18.2 Å². The van der Waals surface area contributed by atoms with Crippen molar-refractivity contribution in [1.29, 1.82) is 0 Å². The number of nitrogens with zero attached hydrogens (tertiary/aromatic N) is 2. The Morgan fingerprint density at radius 3 is 2.72 bits per heavy atom. The lowest BCUT2D eigenvalue weighted by molar-refractivity contribution is 0.0979. The quantitative estimate of drug-likeness (QED) is 0.851. The molecule has 3 rings (SSSR count). The van der Waals surface area contributed by atoms with Crippen LogP contribution in [0.4, 0.5) is 4.39 Å². The molecule has 1 aliphatic rings. The summed E-state index contributed by atoms with van der Waals surface area (Å²) in [6.07, 6.45) is 0. The highest BCUT2D eigenvalue weighted by Gasteiger charge is 2.30. The van der Waals surface area contributed by atoms with Crippen LogP contribution in [-0.4, -0.2) is 29.1 Å². The standard InChI is InChI=1S/C17H19FN4O3/c1-17(2,20-9-10-5-3-4-6-11(10)18)16-21-12(14(19)23)13-15(22-16)25-8-7-24-13/h3-6,20H,7-9H2,1-2H3,(H2,19,23). The van der Waals surface area contributed by atoms with Gasteiger partial charge < -0.3 is 20.5 Å². The van der Waals surface area contributed by atoms with Crippen molar-refractivity contribution < 1.29 is 18.7 Å².